The summed E-state index contributed by atoms with van der Waals surface area (Å²) in [6.45, 7) is 4.51. The lowest BCUT2D eigenvalue weighted by Gasteiger charge is -2.32. The molecule has 7 heteroatoms. The van der Waals surface area contributed by atoms with E-state index in [0.29, 0.717) is 35.7 Å². The molecular formula is C19H17N3O4. The van der Waals surface area contributed by atoms with Crippen molar-refractivity contribution in [2.75, 3.05) is 0 Å². The molecule has 0 N–H and O–H groups in total. The van der Waals surface area contributed by atoms with Gasteiger partial charge in [-0.25, -0.2) is 9.97 Å². The lowest BCUT2D eigenvalue weighted by Crippen LogP contribution is -2.32. The molecule has 0 saturated heterocycles. The average Bonchev–Trinajstić information content (AvgIpc) is 3.24. The first-order chi connectivity index (χ1) is 12.4. The molecule has 132 valence electrons. The SMILES string of the molecule is Cn1cnc2c(oc3nc(-c4ccco4)c4c(c32)CC(C)(C)OC4)c1=O. The highest BCUT2D eigenvalue weighted by Crippen LogP contribution is 2.40. The van der Waals surface area contributed by atoms with Gasteiger partial charge in [0.2, 0.25) is 11.3 Å². The Bertz CT molecular complexity index is 1220. The predicted molar refractivity (Wildman–Crippen MR) is 94.8 cm³/mol. The van der Waals surface area contributed by atoms with E-state index in [1.54, 1.807) is 13.3 Å². The van der Waals surface area contributed by atoms with E-state index in [9.17, 15) is 4.79 Å². The average molecular weight is 351 g/mol. The fraction of sp³-hybridized carbons (Fsp3) is 0.316. The fourth-order valence-electron chi connectivity index (χ4n) is 3.56. The molecule has 0 aliphatic carbocycles. The molecule has 0 spiro atoms. The summed E-state index contributed by atoms with van der Waals surface area (Å²) >= 11 is 0. The molecule has 0 aromatic carbocycles. The maximum absolute atomic E-state index is 12.5. The van der Waals surface area contributed by atoms with Crippen molar-refractivity contribution in [3.63, 3.8) is 0 Å². The van der Waals surface area contributed by atoms with Crippen molar-refractivity contribution in [1.29, 1.82) is 0 Å². The van der Waals surface area contributed by atoms with Crippen LogP contribution in [0.5, 0.6) is 0 Å². The summed E-state index contributed by atoms with van der Waals surface area (Å²) in [6, 6.07) is 3.67. The first-order valence-corrected chi connectivity index (χ1v) is 8.42. The van der Waals surface area contributed by atoms with Gasteiger partial charge in [-0.2, -0.15) is 0 Å². The van der Waals surface area contributed by atoms with Gasteiger partial charge in [0.15, 0.2) is 5.76 Å². The van der Waals surface area contributed by atoms with Crippen LogP contribution in [-0.4, -0.2) is 20.1 Å². The molecule has 1 aliphatic heterocycles. The van der Waals surface area contributed by atoms with Gasteiger partial charge in [-0.05, 0) is 31.5 Å². The first-order valence-electron chi connectivity index (χ1n) is 8.42. The Kier molecular flexibility index (Phi) is 2.98. The lowest BCUT2D eigenvalue weighted by molar-refractivity contribution is -0.0395. The van der Waals surface area contributed by atoms with E-state index in [1.165, 1.54) is 10.9 Å². The molecule has 4 aromatic heterocycles. The van der Waals surface area contributed by atoms with Crippen LogP contribution in [0.4, 0.5) is 0 Å². The van der Waals surface area contributed by atoms with Crippen molar-refractivity contribution in [3.05, 3.63) is 46.2 Å². The Balaban J connectivity index is 1.95. The van der Waals surface area contributed by atoms with Crippen LogP contribution in [0, 0.1) is 0 Å². The zero-order valence-electron chi connectivity index (χ0n) is 14.7. The molecule has 0 fully saturated rings. The van der Waals surface area contributed by atoms with Crippen LogP contribution in [0.1, 0.15) is 25.0 Å². The molecular weight excluding hydrogens is 334 g/mol. The van der Waals surface area contributed by atoms with E-state index in [0.717, 1.165) is 16.5 Å². The summed E-state index contributed by atoms with van der Waals surface area (Å²) in [6.07, 6.45) is 3.79. The summed E-state index contributed by atoms with van der Waals surface area (Å²) < 4.78 is 18.8. The molecule has 4 aromatic rings. The zero-order valence-corrected chi connectivity index (χ0v) is 14.7. The minimum Gasteiger partial charge on any atom is -0.463 e. The fourth-order valence-corrected chi connectivity index (χ4v) is 3.56. The van der Waals surface area contributed by atoms with Gasteiger partial charge in [0, 0.05) is 19.0 Å². The third-order valence-corrected chi connectivity index (χ3v) is 4.87. The van der Waals surface area contributed by atoms with Gasteiger partial charge in [0.1, 0.15) is 11.2 Å². The number of hydrogen-bond donors (Lipinski definition) is 0. The number of aromatic nitrogens is 3. The number of pyridine rings is 1. The first kappa shape index (κ1) is 15.3. The Morgan fingerprint density at radius 3 is 2.88 bits per heavy atom. The molecule has 7 nitrogen and oxygen atoms in total. The van der Waals surface area contributed by atoms with Crippen molar-refractivity contribution >= 4 is 22.2 Å². The number of furan rings is 2. The van der Waals surface area contributed by atoms with Gasteiger partial charge in [-0.1, -0.05) is 0 Å². The molecule has 5 rings (SSSR count). The van der Waals surface area contributed by atoms with E-state index in [4.69, 9.17) is 13.6 Å². The van der Waals surface area contributed by atoms with Gasteiger partial charge in [-0.3, -0.25) is 9.36 Å². The highest BCUT2D eigenvalue weighted by atomic mass is 16.5. The van der Waals surface area contributed by atoms with Crippen molar-refractivity contribution in [1.82, 2.24) is 14.5 Å². The quantitative estimate of drug-likeness (QED) is 0.524. The number of nitrogens with zero attached hydrogens (tertiary/aromatic N) is 3. The Hall–Kier alpha value is -2.93. The van der Waals surface area contributed by atoms with Gasteiger partial charge in [0.25, 0.3) is 5.56 Å². The normalized spacial score (nSPS) is 16.3. The van der Waals surface area contributed by atoms with Crippen LogP contribution < -0.4 is 5.56 Å². The van der Waals surface area contributed by atoms with Crippen LogP contribution in [-0.2, 0) is 24.8 Å². The highest BCUT2D eigenvalue weighted by molar-refractivity contribution is 6.04. The minimum absolute atomic E-state index is 0.223. The highest BCUT2D eigenvalue weighted by Gasteiger charge is 2.33. The smallest absolute Gasteiger partial charge is 0.296 e. The predicted octanol–water partition coefficient (Wildman–Crippen LogP) is 3.19. The third kappa shape index (κ3) is 2.07. The van der Waals surface area contributed by atoms with Crippen LogP contribution in [0.25, 0.3) is 33.7 Å². The Morgan fingerprint density at radius 2 is 2.12 bits per heavy atom. The maximum Gasteiger partial charge on any atom is 0.296 e. The van der Waals surface area contributed by atoms with Crippen LogP contribution in [0.3, 0.4) is 0 Å². The number of ether oxygens (including phenoxy) is 1. The number of aryl methyl sites for hydroxylation is 1. The van der Waals surface area contributed by atoms with Crippen molar-refractivity contribution in [3.8, 4) is 11.5 Å². The molecule has 0 bridgehead atoms. The summed E-state index contributed by atoms with van der Waals surface area (Å²) in [4.78, 5) is 21.6. The summed E-state index contributed by atoms with van der Waals surface area (Å²) in [5.41, 5.74) is 3.31. The largest absolute Gasteiger partial charge is 0.463 e. The van der Waals surface area contributed by atoms with Crippen molar-refractivity contribution < 1.29 is 13.6 Å². The Morgan fingerprint density at radius 1 is 1.27 bits per heavy atom. The minimum atomic E-state index is -0.328. The Labute approximate surface area is 148 Å². The molecule has 0 saturated carbocycles. The number of fused-ring (bicyclic) bond motifs is 5. The van der Waals surface area contributed by atoms with Gasteiger partial charge in [0.05, 0.1) is 30.2 Å². The summed E-state index contributed by atoms with van der Waals surface area (Å²) in [5, 5.41) is 0.791. The topological polar surface area (TPSA) is 83.3 Å². The second kappa shape index (κ2) is 5.04. The second-order valence-electron chi connectivity index (χ2n) is 7.24. The molecule has 26 heavy (non-hydrogen) atoms. The van der Waals surface area contributed by atoms with Crippen molar-refractivity contribution in [2.45, 2.75) is 32.5 Å². The molecule has 1 aliphatic rings. The second-order valence-corrected chi connectivity index (χ2v) is 7.24. The van der Waals surface area contributed by atoms with Crippen LogP contribution in [0.2, 0.25) is 0 Å². The maximum atomic E-state index is 12.5. The van der Waals surface area contributed by atoms with Gasteiger partial charge >= 0.3 is 0 Å². The van der Waals surface area contributed by atoms with E-state index in [-0.39, 0.29) is 16.7 Å². The van der Waals surface area contributed by atoms with Gasteiger partial charge in [-0.15, -0.1) is 0 Å². The number of hydrogen-bond acceptors (Lipinski definition) is 6. The molecule has 0 atom stereocenters. The van der Waals surface area contributed by atoms with E-state index < -0.39 is 0 Å². The zero-order chi connectivity index (χ0) is 18.1. The van der Waals surface area contributed by atoms with Gasteiger partial charge < -0.3 is 13.6 Å². The van der Waals surface area contributed by atoms with E-state index >= 15 is 0 Å². The molecule has 0 amide bonds. The van der Waals surface area contributed by atoms with E-state index in [2.05, 4.69) is 9.97 Å². The summed E-state index contributed by atoms with van der Waals surface area (Å²) in [5.74, 6) is 0.646. The molecule has 0 unspecified atom stereocenters. The van der Waals surface area contributed by atoms with Crippen LogP contribution in [0.15, 0.2) is 38.4 Å². The molecule has 0 radical (unpaired) electrons. The van der Waals surface area contributed by atoms with E-state index in [1.807, 2.05) is 26.0 Å². The lowest BCUT2D eigenvalue weighted by atomic mass is 9.89. The standard InChI is InChI=1S/C19H17N3O4/c1-19(2)7-10-11(8-25-19)14(12-5-4-6-24-12)21-17-13(10)15-16(26-17)18(23)22(3)9-20-15/h4-6,9H,7-8H2,1-3H3. The monoisotopic (exact) mass is 351 g/mol. The third-order valence-electron chi connectivity index (χ3n) is 4.87. The van der Waals surface area contributed by atoms with Crippen molar-refractivity contribution in [2.24, 2.45) is 7.05 Å². The molecule has 5 heterocycles. The number of rotatable bonds is 1. The summed E-state index contributed by atoms with van der Waals surface area (Å²) in [7, 11) is 1.65. The van der Waals surface area contributed by atoms with Crippen LogP contribution >= 0.6 is 0 Å².